The van der Waals surface area contributed by atoms with Crippen LogP contribution in [0.4, 0.5) is 18.9 Å². The molecule has 49 heavy (non-hydrogen) atoms. The highest BCUT2D eigenvalue weighted by Crippen LogP contribution is 2.30. The van der Waals surface area contributed by atoms with Gasteiger partial charge in [-0.15, -0.1) is 0 Å². The number of halogens is 3. The van der Waals surface area contributed by atoms with E-state index >= 15 is 0 Å². The van der Waals surface area contributed by atoms with Gasteiger partial charge in [0.1, 0.15) is 11.3 Å². The number of nitrogens with one attached hydrogen (secondary N) is 2. The number of benzene rings is 4. The maximum Gasteiger partial charge on any atom is 0.490 e. The number of anilines is 1. The van der Waals surface area contributed by atoms with Crippen molar-refractivity contribution in [1.29, 1.82) is 0 Å². The maximum atomic E-state index is 13.8. The number of furan rings is 1. The fraction of sp³-hybridized carbons (Fsp3) is 0.237. The Morgan fingerprint density at radius 2 is 1.47 bits per heavy atom. The second-order valence-electron chi connectivity index (χ2n) is 12.4. The molecule has 0 aliphatic rings. The lowest BCUT2D eigenvalue weighted by atomic mass is 9.84. The van der Waals surface area contributed by atoms with Gasteiger partial charge in [-0.2, -0.15) is 13.2 Å². The Morgan fingerprint density at radius 3 is 2.02 bits per heavy atom. The van der Waals surface area contributed by atoms with Crippen molar-refractivity contribution < 1.29 is 37.1 Å². The Hall–Kier alpha value is -5.42. The van der Waals surface area contributed by atoms with Crippen molar-refractivity contribution in [3.05, 3.63) is 125 Å². The number of carbonyl (C=O) groups excluding carboxylic acids is 2. The molecular formula is C38H38F3N3O5. The zero-order valence-electron chi connectivity index (χ0n) is 27.3. The number of nitrogens with two attached hydrogens (primary N) is 1. The van der Waals surface area contributed by atoms with E-state index in [1.165, 1.54) is 5.56 Å². The number of hydrogen-bond donors (Lipinski definition) is 4. The molecule has 256 valence electrons. The van der Waals surface area contributed by atoms with Crippen LogP contribution in [0.3, 0.4) is 0 Å². The van der Waals surface area contributed by atoms with E-state index in [-0.39, 0.29) is 17.2 Å². The molecule has 4 aromatic carbocycles. The molecule has 5 rings (SSSR count). The second-order valence-corrected chi connectivity index (χ2v) is 12.4. The maximum absolute atomic E-state index is 13.8. The molecule has 1 unspecified atom stereocenters. The Bertz CT molecular complexity index is 1840. The summed E-state index contributed by atoms with van der Waals surface area (Å²) in [5.74, 6) is -2.66. The predicted octanol–water partition coefficient (Wildman–Crippen LogP) is 7.68. The van der Waals surface area contributed by atoms with Crippen LogP contribution in [0.25, 0.3) is 22.3 Å². The molecule has 11 heteroatoms. The minimum atomic E-state index is -5.08. The Morgan fingerprint density at radius 1 is 0.857 bits per heavy atom. The van der Waals surface area contributed by atoms with Gasteiger partial charge in [-0.3, -0.25) is 9.59 Å². The quantitative estimate of drug-likeness (QED) is 0.127. The third kappa shape index (κ3) is 10.0. The number of carboxylic acids is 1. The predicted molar refractivity (Wildman–Crippen MR) is 183 cm³/mol. The van der Waals surface area contributed by atoms with Crippen LogP contribution in [0.2, 0.25) is 0 Å². The van der Waals surface area contributed by atoms with Crippen LogP contribution in [0.5, 0.6) is 0 Å². The summed E-state index contributed by atoms with van der Waals surface area (Å²) in [5.41, 5.74) is 11.7. The summed E-state index contributed by atoms with van der Waals surface area (Å²) in [6.07, 6.45) is -4.59. The molecule has 0 spiro atoms. The molecule has 5 aromatic rings. The number of carbonyl (C=O) groups is 3. The van der Waals surface area contributed by atoms with Gasteiger partial charge in [-0.25, -0.2) is 4.79 Å². The summed E-state index contributed by atoms with van der Waals surface area (Å²) in [6, 6.07) is 33.3. The van der Waals surface area contributed by atoms with Gasteiger partial charge in [-0.1, -0.05) is 75.4 Å². The lowest BCUT2D eigenvalue weighted by Gasteiger charge is -2.22. The van der Waals surface area contributed by atoms with Crippen molar-refractivity contribution in [1.82, 2.24) is 5.32 Å². The molecule has 0 aliphatic carbocycles. The molecule has 0 bridgehead atoms. The van der Waals surface area contributed by atoms with Gasteiger partial charge in [0.2, 0.25) is 5.91 Å². The summed E-state index contributed by atoms with van der Waals surface area (Å²) in [4.78, 5) is 35.0. The van der Waals surface area contributed by atoms with Crippen molar-refractivity contribution >= 4 is 34.4 Å². The fourth-order valence-electron chi connectivity index (χ4n) is 4.96. The molecule has 0 aliphatic heterocycles. The zero-order chi connectivity index (χ0) is 35.8. The summed E-state index contributed by atoms with van der Waals surface area (Å²) in [6.45, 7) is 7.33. The molecule has 5 N–H and O–H groups in total. The van der Waals surface area contributed by atoms with Gasteiger partial charge in [0.25, 0.3) is 5.91 Å². The van der Waals surface area contributed by atoms with Crippen LogP contribution in [0.15, 0.2) is 108 Å². The van der Waals surface area contributed by atoms with Crippen LogP contribution in [-0.4, -0.2) is 42.2 Å². The van der Waals surface area contributed by atoms with Gasteiger partial charge in [-0.05, 0) is 77.1 Å². The van der Waals surface area contributed by atoms with Crippen LogP contribution < -0.4 is 16.4 Å². The third-order valence-electron chi connectivity index (χ3n) is 7.69. The monoisotopic (exact) mass is 673 g/mol. The van der Waals surface area contributed by atoms with Gasteiger partial charge in [0.15, 0.2) is 0 Å². The third-order valence-corrected chi connectivity index (χ3v) is 7.69. The molecule has 0 saturated heterocycles. The molecule has 2 amide bonds. The minimum Gasteiger partial charge on any atom is -0.475 e. The normalized spacial score (nSPS) is 12.1. The van der Waals surface area contributed by atoms with E-state index in [0.717, 1.165) is 33.4 Å². The molecule has 0 radical (unpaired) electrons. The summed E-state index contributed by atoms with van der Waals surface area (Å²) in [7, 11) is 0. The van der Waals surface area contributed by atoms with E-state index in [1.807, 2.05) is 78.9 Å². The largest absolute Gasteiger partial charge is 0.490 e. The fourth-order valence-corrected chi connectivity index (χ4v) is 4.96. The first-order chi connectivity index (χ1) is 23.2. The number of carboxylic acid groups (broad SMARTS) is 1. The number of amides is 2. The van der Waals surface area contributed by atoms with E-state index in [1.54, 1.807) is 12.1 Å². The summed E-state index contributed by atoms with van der Waals surface area (Å²) >= 11 is 0. The van der Waals surface area contributed by atoms with Gasteiger partial charge in [0, 0.05) is 35.3 Å². The summed E-state index contributed by atoms with van der Waals surface area (Å²) in [5, 5.41) is 14.1. The van der Waals surface area contributed by atoms with E-state index in [9.17, 15) is 22.8 Å². The van der Waals surface area contributed by atoms with Gasteiger partial charge < -0.3 is 25.9 Å². The van der Waals surface area contributed by atoms with Crippen molar-refractivity contribution in [2.75, 3.05) is 18.4 Å². The number of hydrogen-bond acceptors (Lipinski definition) is 5. The highest BCUT2D eigenvalue weighted by Gasteiger charge is 2.38. The van der Waals surface area contributed by atoms with E-state index in [0.29, 0.717) is 30.8 Å². The van der Waals surface area contributed by atoms with Crippen LogP contribution in [-0.2, 0) is 21.4 Å². The van der Waals surface area contributed by atoms with Crippen LogP contribution in [0, 0.1) is 0 Å². The van der Waals surface area contributed by atoms with Crippen molar-refractivity contribution in [3.8, 4) is 11.3 Å². The van der Waals surface area contributed by atoms with Crippen molar-refractivity contribution in [2.24, 2.45) is 5.73 Å². The van der Waals surface area contributed by atoms with Gasteiger partial charge in [0.05, 0.1) is 5.92 Å². The highest BCUT2D eigenvalue weighted by atomic mass is 19.4. The average molecular weight is 674 g/mol. The minimum absolute atomic E-state index is 0.0121. The van der Waals surface area contributed by atoms with Crippen molar-refractivity contribution in [2.45, 2.75) is 44.7 Å². The molecule has 1 heterocycles. The van der Waals surface area contributed by atoms with Crippen LogP contribution >= 0.6 is 0 Å². The second kappa shape index (κ2) is 15.7. The van der Waals surface area contributed by atoms with Crippen LogP contribution in [0.1, 0.15) is 53.7 Å². The standard InChI is InChI=1S/C36H37N3O3.C2HF3O2/c1-36(2,3)29-16-12-25(13-17-29)31(22-24-8-10-27(11-9-24)34(40)38-21-20-37)35(41)39-30-18-14-26(15-19-30)33-23-28-6-4-5-7-32(28)42-33;3-2(4,5)1(6)7/h4-19,23,31H,20-22,37H2,1-3H3,(H,38,40)(H,39,41);(H,6,7). The number of para-hydroxylation sites is 1. The number of alkyl halides is 3. The SMILES string of the molecule is CC(C)(C)c1ccc(C(Cc2ccc(C(=O)NCCN)cc2)C(=O)Nc2ccc(-c3cc4ccccc4o3)cc2)cc1.O=C(O)C(F)(F)F. The zero-order valence-corrected chi connectivity index (χ0v) is 27.3. The van der Waals surface area contributed by atoms with E-state index < -0.39 is 18.1 Å². The first-order valence-electron chi connectivity index (χ1n) is 15.5. The Labute approximate surface area is 282 Å². The first-order valence-corrected chi connectivity index (χ1v) is 15.5. The average Bonchev–Trinajstić information content (AvgIpc) is 3.51. The molecule has 0 saturated carbocycles. The highest BCUT2D eigenvalue weighted by molar-refractivity contribution is 5.96. The first kappa shape index (κ1) is 36.4. The Kier molecular flexibility index (Phi) is 11.6. The Balaban J connectivity index is 0.000000698. The number of fused-ring (bicyclic) bond motifs is 1. The molecule has 0 fully saturated rings. The van der Waals surface area contributed by atoms with E-state index in [4.69, 9.17) is 20.1 Å². The number of aliphatic carboxylic acids is 1. The molecular weight excluding hydrogens is 635 g/mol. The lowest BCUT2D eigenvalue weighted by Crippen LogP contribution is -2.29. The van der Waals surface area contributed by atoms with Gasteiger partial charge >= 0.3 is 12.1 Å². The molecule has 1 aromatic heterocycles. The van der Waals surface area contributed by atoms with Crippen molar-refractivity contribution in [3.63, 3.8) is 0 Å². The van der Waals surface area contributed by atoms with E-state index in [2.05, 4.69) is 43.5 Å². The molecule has 8 nitrogen and oxygen atoms in total. The topological polar surface area (TPSA) is 135 Å². The number of rotatable bonds is 9. The smallest absolute Gasteiger partial charge is 0.475 e. The summed E-state index contributed by atoms with van der Waals surface area (Å²) < 4.78 is 37.7. The lowest BCUT2D eigenvalue weighted by molar-refractivity contribution is -0.192. The molecule has 1 atom stereocenters.